The van der Waals surface area contributed by atoms with Crippen LogP contribution in [0, 0.1) is 5.82 Å². The van der Waals surface area contributed by atoms with Crippen molar-refractivity contribution < 1.29 is 13.9 Å². The molecule has 0 aromatic heterocycles. The zero-order valence-corrected chi connectivity index (χ0v) is 13.4. The SMILES string of the molecule is CCCC[C@@H]1NC(=O)c2c1ccc(F)c2Nc1c(OC)c(=O)c1=O. The molecular weight excluding hydrogens is 315 g/mol. The summed E-state index contributed by atoms with van der Waals surface area (Å²) in [6, 6.07) is 2.65. The number of anilines is 2. The average molecular weight is 332 g/mol. The molecule has 0 aliphatic carbocycles. The highest BCUT2D eigenvalue weighted by Crippen LogP contribution is 2.37. The number of nitrogens with one attached hydrogen (secondary N) is 2. The van der Waals surface area contributed by atoms with Crippen molar-refractivity contribution in [1.29, 1.82) is 0 Å². The molecule has 1 atom stereocenters. The number of hydrogen-bond donors (Lipinski definition) is 2. The lowest BCUT2D eigenvalue weighted by atomic mass is 9.98. The van der Waals surface area contributed by atoms with Crippen molar-refractivity contribution in [1.82, 2.24) is 5.32 Å². The normalized spacial score (nSPS) is 16.1. The van der Waals surface area contributed by atoms with Crippen LogP contribution in [-0.2, 0) is 0 Å². The summed E-state index contributed by atoms with van der Waals surface area (Å²) >= 11 is 0. The molecule has 0 saturated carbocycles. The van der Waals surface area contributed by atoms with Crippen molar-refractivity contribution in [2.24, 2.45) is 0 Å². The van der Waals surface area contributed by atoms with Crippen LogP contribution in [0.5, 0.6) is 5.75 Å². The van der Waals surface area contributed by atoms with Gasteiger partial charge in [-0.2, -0.15) is 0 Å². The average Bonchev–Trinajstić information content (AvgIpc) is 2.90. The number of carbonyl (C=O) groups is 1. The van der Waals surface area contributed by atoms with Crippen LogP contribution in [0.15, 0.2) is 21.7 Å². The van der Waals surface area contributed by atoms with Gasteiger partial charge >= 0.3 is 0 Å². The van der Waals surface area contributed by atoms with Gasteiger partial charge in [-0.25, -0.2) is 4.39 Å². The van der Waals surface area contributed by atoms with E-state index in [1.54, 1.807) is 6.07 Å². The molecule has 1 heterocycles. The fourth-order valence-corrected chi connectivity index (χ4v) is 3.00. The lowest BCUT2D eigenvalue weighted by Gasteiger charge is -2.15. The summed E-state index contributed by atoms with van der Waals surface area (Å²) in [5.74, 6) is -1.22. The number of benzene rings is 1. The van der Waals surface area contributed by atoms with Crippen LogP contribution >= 0.6 is 0 Å². The zero-order valence-electron chi connectivity index (χ0n) is 13.4. The molecule has 0 saturated heterocycles. The molecule has 3 rings (SSSR count). The Hall–Kier alpha value is -2.70. The summed E-state index contributed by atoms with van der Waals surface area (Å²) in [7, 11) is 1.25. The van der Waals surface area contributed by atoms with Gasteiger partial charge in [-0.05, 0) is 18.1 Å². The topological polar surface area (TPSA) is 84.5 Å². The van der Waals surface area contributed by atoms with Gasteiger partial charge in [0.1, 0.15) is 11.5 Å². The summed E-state index contributed by atoms with van der Waals surface area (Å²) in [6.45, 7) is 2.05. The Labute approximate surface area is 137 Å². The molecule has 0 radical (unpaired) electrons. The molecule has 6 nitrogen and oxygen atoms in total. The Morgan fingerprint density at radius 2 is 1.96 bits per heavy atom. The molecule has 2 aromatic carbocycles. The highest BCUT2D eigenvalue weighted by Gasteiger charge is 2.33. The van der Waals surface area contributed by atoms with E-state index in [9.17, 15) is 18.8 Å². The van der Waals surface area contributed by atoms with Crippen molar-refractivity contribution >= 4 is 17.3 Å². The Bertz CT molecular complexity index is 884. The minimum absolute atomic E-state index is 0.102. The van der Waals surface area contributed by atoms with Crippen LogP contribution in [0.2, 0.25) is 0 Å². The van der Waals surface area contributed by atoms with Crippen molar-refractivity contribution in [2.45, 2.75) is 32.2 Å². The van der Waals surface area contributed by atoms with Gasteiger partial charge in [0.2, 0.25) is 0 Å². The Balaban J connectivity index is 2.02. The van der Waals surface area contributed by atoms with E-state index < -0.39 is 22.6 Å². The van der Waals surface area contributed by atoms with E-state index in [1.165, 1.54) is 13.2 Å². The summed E-state index contributed by atoms with van der Waals surface area (Å²) in [4.78, 5) is 35.3. The van der Waals surface area contributed by atoms with Gasteiger partial charge in [0.15, 0.2) is 5.75 Å². The largest absolute Gasteiger partial charge is 0.491 e. The number of unbranched alkanes of at least 4 members (excludes halogenated alkanes) is 1. The maximum atomic E-state index is 14.3. The summed E-state index contributed by atoms with van der Waals surface area (Å²) in [5, 5.41) is 5.42. The molecule has 0 spiro atoms. The van der Waals surface area contributed by atoms with Crippen molar-refractivity contribution in [3.05, 3.63) is 49.5 Å². The number of fused-ring (bicyclic) bond motifs is 1. The second kappa shape index (κ2) is 6.07. The molecule has 1 aliphatic rings. The van der Waals surface area contributed by atoms with Gasteiger partial charge in [-0.15, -0.1) is 0 Å². The summed E-state index contributed by atoms with van der Waals surface area (Å²) in [5.41, 5.74) is -0.918. The second-order valence-corrected chi connectivity index (χ2v) is 5.75. The third kappa shape index (κ3) is 2.36. The van der Waals surface area contributed by atoms with Gasteiger partial charge in [-0.1, -0.05) is 25.8 Å². The molecule has 2 aromatic rings. The fourth-order valence-electron chi connectivity index (χ4n) is 3.00. The number of amides is 1. The van der Waals surface area contributed by atoms with Crippen LogP contribution in [-0.4, -0.2) is 13.0 Å². The number of rotatable bonds is 6. The molecule has 1 aliphatic heterocycles. The fraction of sp³-hybridized carbons (Fsp3) is 0.353. The molecule has 0 fully saturated rings. The van der Waals surface area contributed by atoms with Gasteiger partial charge in [-0.3, -0.25) is 14.4 Å². The lowest BCUT2D eigenvalue weighted by molar-refractivity contribution is 0.0955. The smallest absolute Gasteiger partial charge is 0.272 e. The van der Waals surface area contributed by atoms with E-state index in [2.05, 4.69) is 10.6 Å². The number of ether oxygens (including phenoxy) is 1. The van der Waals surface area contributed by atoms with E-state index in [0.717, 1.165) is 19.3 Å². The van der Waals surface area contributed by atoms with Gasteiger partial charge in [0.25, 0.3) is 16.8 Å². The van der Waals surface area contributed by atoms with Gasteiger partial charge < -0.3 is 15.4 Å². The minimum Gasteiger partial charge on any atom is -0.491 e. The van der Waals surface area contributed by atoms with E-state index >= 15 is 0 Å². The lowest BCUT2D eigenvalue weighted by Crippen LogP contribution is -2.34. The van der Waals surface area contributed by atoms with Crippen molar-refractivity contribution in [3.63, 3.8) is 0 Å². The summed E-state index contributed by atoms with van der Waals surface area (Å²) < 4.78 is 19.1. The van der Waals surface area contributed by atoms with E-state index in [1.807, 2.05) is 6.92 Å². The molecule has 0 unspecified atom stereocenters. The molecule has 2 N–H and O–H groups in total. The summed E-state index contributed by atoms with van der Waals surface area (Å²) in [6.07, 6.45) is 2.66. The molecule has 7 heteroatoms. The second-order valence-electron chi connectivity index (χ2n) is 5.75. The molecular formula is C17H17FN2O4. The molecule has 126 valence electrons. The van der Waals surface area contributed by atoms with Crippen LogP contribution < -0.4 is 26.2 Å². The first kappa shape index (κ1) is 16.2. The molecule has 0 bridgehead atoms. The third-order valence-corrected chi connectivity index (χ3v) is 4.26. The van der Waals surface area contributed by atoms with Crippen LogP contribution in [0.1, 0.15) is 48.1 Å². The molecule has 24 heavy (non-hydrogen) atoms. The maximum absolute atomic E-state index is 14.3. The number of methoxy groups -OCH3 is 1. The maximum Gasteiger partial charge on any atom is 0.272 e. The number of hydrogen-bond acceptors (Lipinski definition) is 5. The standard InChI is InChI=1S/C17H17FN2O4/c1-3-4-5-10-8-6-7-9(18)12(11(8)17(23)19-10)20-13-14(21)15(22)16(13)24-2/h6-7,10,20H,3-5H2,1-2H3,(H,19,23)/t10-/m0/s1. The quantitative estimate of drug-likeness (QED) is 0.792. The van der Waals surface area contributed by atoms with E-state index in [0.29, 0.717) is 5.56 Å². The van der Waals surface area contributed by atoms with Crippen LogP contribution in [0.25, 0.3) is 0 Å². The first-order chi connectivity index (χ1) is 11.5. The Morgan fingerprint density at radius 3 is 2.62 bits per heavy atom. The highest BCUT2D eigenvalue weighted by molar-refractivity contribution is 6.05. The number of carbonyl (C=O) groups excluding carboxylic acids is 1. The Kier molecular flexibility index (Phi) is 4.09. The van der Waals surface area contributed by atoms with Crippen LogP contribution in [0.3, 0.4) is 0 Å². The highest BCUT2D eigenvalue weighted by atomic mass is 19.1. The molecule has 1 amide bonds. The van der Waals surface area contributed by atoms with Gasteiger partial charge in [0, 0.05) is 0 Å². The van der Waals surface area contributed by atoms with Crippen molar-refractivity contribution in [2.75, 3.05) is 12.4 Å². The zero-order chi connectivity index (χ0) is 17.4. The monoisotopic (exact) mass is 332 g/mol. The van der Waals surface area contributed by atoms with Crippen LogP contribution in [0.4, 0.5) is 15.8 Å². The minimum atomic E-state index is -0.787. The predicted molar refractivity (Wildman–Crippen MR) is 87.3 cm³/mol. The Morgan fingerprint density at radius 1 is 1.21 bits per heavy atom. The van der Waals surface area contributed by atoms with Gasteiger partial charge in [0.05, 0.1) is 24.4 Å². The van der Waals surface area contributed by atoms with E-state index in [-0.39, 0.29) is 28.7 Å². The first-order valence-electron chi connectivity index (χ1n) is 7.77. The number of halogens is 1. The van der Waals surface area contributed by atoms with E-state index in [4.69, 9.17) is 4.74 Å². The third-order valence-electron chi connectivity index (χ3n) is 4.26. The first-order valence-corrected chi connectivity index (χ1v) is 7.77. The predicted octanol–water partition coefficient (Wildman–Crippen LogP) is 2.15. The van der Waals surface area contributed by atoms with Crippen molar-refractivity contribution in [3.8, 4) is 5.75 Å².